The molecule has 2 aliphatic carbocycles. The lowest BCUT2D eigenvalue weighted by molar-refractivity contribution is -0.137. The van der Waals surface area contributed by atoms with Crippen LogP contribution in [-0.2, 0) is 9.59 Å². The van der Waals surface area contributed by atoms with Gasteiger partial charge < -0.3 is 0 Å². The number of rotatable bonds is 0. The molecule has 2 aliphatic rings. The molecule has 0 unspecified atom stereocenters. The van der Waals surface area contributed by atoms with Gasteiger partial charge in [-0.2, -0.15) is 0 Å². The minimum Gasteiger partial charge on any atom is -0.299 e. The van der Waals surface area contributed by atoms with E-state index in [1.165, 1.54) is 0 Å². The summed E-state index contributed by atoms with van der Waals surface area (Å²) in [6, 6.07) is 0. The Morgan fingerprint density at radius 2 is 1.53 bits per heavy atom. The van der Waals surface area contributed by atoms with Crippen molar-refractivity contribution in [2.24, 2.45) is 22.7 Å². The first-order valence-electron chi connectivity index (χ1n) is 5.88. The van der Waals surface area contributed by atoms with Crippen molar-refractivity contribution in [3.8, 4) is 0 Å². The van der Waals surface area contributed by atoms with Gasteiger partial charge in [-0.25, -0.2) is 0 Å². The Kier molecular flexibility index (Phi) is 2.12. The largest absolute Gasteiger partial charge is 0.299 e. The molecule has 2 nitrogen and oxygen atoms in total. The summed E-state index contributed by atoms with van der Waals surface area (Å²) < 4.78 is 0. The molecule has 0 aliphatic heterocycles. The van der Waals surface area contributed by atoms with Crippen LogP contribution in [0.4, 0.5) is 0 Å². The van der Waals surface area contributed by atoms with Gasteiger partial charge in [0.25, 0.3) is 0 Å². The number of Topliss-reactive ketones (excluding diaryl/α,β-unsaturated/α-hetero) is 2. The third-order valence-corrected chi connectivity index (χ3v) is 5.61. The fraction of sp³-hybridized carbons (Fsp3) is 0.846. The lowest BCUT2D eigenvalue weighted by Crippen LogP contribution is -2.47. The Hall–Kier alpha value is -0.660. The van der Waals surface area contributed by atoms with Crippen molar-refractivity contribution in [1.29, 1.82) is 0 Å². The Morgan fingerprint density at radius 1 is 1.00 bits per heavy atom. The van der Waals surface area contributed by atoms with Gasteiger partial charge in [-0.1, -0.05) is 27.7 Å². The number of hydrogen-bond donors (Lipinski definition) is 0. The number of carbonyl (C=O) groups excluding carboxylic acids is 2. The minimum atomic E-state index is -0.0984. The van der Waals surface area contributed by atoms with E-state index in [1.807, 2.05) is 13.8 Å². The van der Waals surface area contributed by atoms with Gasteiger partial charge in [-0.15, -0.1) is 0 Å². The van der Waals surface area contributed by atoms with Crippen molar-refractivity contribution in [3.63, 3.8) is 0 Å². The van der Waals surface area contributed by atoms with Crippen LogP contribution in [0.25, 0.3) is 0 Å². The fourth-order valence-electron chi connectivity index (χ4n) is 3.67. The molecular weight excluding hydrogens is 188 g/mol. The van der Waals surface area contributed by atoms with Crippen molar-refractivity contribution in [2.75, 3.05) is 0 Å². The van der Waals surface area contributed by atoms with E-state index < -0.39 is 0 Å². The van der Waals surface area contributed by atoms with Crippen molar-refractivity contribution in [2.45, 2.75) is 47.0 Å². The Bertz CT molecular complexity index is 333. The van der Waals surface area contributed by atoms with Gasteiger partial charge in [-0.05, 0) is 17.3 Å². The molecule has 0 bridgehead atoms. The predicted octanol–water partition coefficient (Wildman–Crippen LogP) is 2.61. The summed E-state index contributed by atoms with van der Waals surface area (Å²) in [4.78, 5) is 23.7. The summed E-state index contributed by atoms with van der Waals surface area (Å²) in [6.07, 6.45) is 2.14. The summed E-state index contributed by atoms with van der Waals surface area (Å²) in [7, 11) is 0. The van der Waals surface area contributed by atoms with Crippen LogP contribution >= 0.6 is 0 Å². The van der Waals surface area contributed by atoms with Gasteiger partial charge >= 0.3 is 0 Å². The molecule has 2 heteroatoms. The van der Waals surface area contributed by atoms with E-state index in [4.69, 9.17) is 0 Å². The molecule has 0 saturated heterocycles. The van der Waals surface area contributed by atoms with Gasteiger partial charge in [0.1, 0.15) is 11.6 Å². The predicted molar refractivity (Wildman–Crippen MR) is 58.4 cm³/mol. The smallest absolute Gasteiger partial charge is 0.136 e. The molecule has 0 aromatic rings. The Balaban J connectivity index is 2.48. The van der Waals surface area contributed by atoms with E-state index in [0.29, 0.717) is 24.4 Å². The van der Waals surface area contributed by atoms with Gasteiger partial charge in [-0.3, -0.25) is 9.59 Å². The maximum atomic E-state index is 11.9. The van der Waals surface area contributed by atoms with E-state index in [2.05, 4.69) is 13.8 Å². The van der Waals surface area contributed by atoms with Crippen LogP contribution in [0.3, 0.4) is 0 Å². The number of fused-ring (bicyclic) bond motifs is 1. The van der Waals surface area contributed by atoms with E-state index in [9.17, 15) is 9.59 Å². The maximum absolute atomic E-state index is 11.9. The molecule has 0 heterocycles. The van der Waals surface area contributed by atoms with Crippen LogP contribution in [0.15, 0.2) is 0 Å². The van der Waals surface area contributed by atoms with Crippen LogP contribution in [0, 0.1) is 22.7 Å². The van der Waals surface area contributed by atoms with E-state index in [-0.39, 0.29) is 22.7 Å². The number of ketones is 2. The van der Waals surface area contributed by atoms with Crippen LogP contribution < -0.4 is 0 Å². The van der Waals surface area contributed by atoms with E-state index in [0.717, 1.165) is 6.42 Å². The van der Waals surface area contributed by atoms with Crippen LogP contribution in [-0.4, -0.2) is 11.6 Å². The lowest BCUT2D eigenvalue weighted by Gasteiger charge is -2.49. The molecular formula is C13H20O2. The summed E-state index contributed by atoms with van der Waals surface area (Å²) in [6.45, 7) is 8.38. The summed E-state index contributed by atoms with van der Waals surface area (Å²) in [5.74, 6) is 0.863. The van der Waals surface area contributed by atoms with Crippen molar-refractivity contribution in [3.05, 3.63) is 0 Å². The van der Waals surface area contributed by atoms with Gasteiger partial charge in [0.15, 0.2) is 0 Å². The first-order valence-corrected chi connectivity index (χ1v) is 5.88. The molecule has 0 N–H and O–H groups in total. The second-order valence-electron chi connectivity index (χ2n) is 5.89. The normalized spacial score (nSPS) is 50.7. The monoisotopic (exact) mass is 208 g/mol. The standard InChI is InChI=1S/C13H20O2/c1-8-10(14)5-6-12(3)9(2)11(15)7-13(8,12)4/h8-9H,5-7H2,1-4H3/t8-,9-,12-,13-/m0/s1. The summed E-state index contributed by atoms with van der Waals surface area (Å²) in [5, 5.41) is 0. The van der Waals surface area contributed by atoms with Crippen molar-refractivity contribution < 1.29 is 9.59 Å². The number of carbonyl (C=O) groups is 2. The first-order chi connectivity index (χ1) is 6.83. The molecule has 0 aromatic carbocycles. The molecule has 84 valence electrons. The highest BCUT2D eigenvalue weighted by Gasteiger charge is 2.62. The second-order valence-corrected chi connectivity index (χ2v) is 5.89. The number of hydrogen-bond acceptors (Lipinski definition) is 2. The first kappa shape index (κ1) is 10.8. The Morgan fingerprint density at radius 3 is 2.13 bits per heavy atom. The van der Waals surface area contributed by atoms with Crippen molar-refractivity contribution >= 4 is 11.6 Å². The van der Waals surface area contributed by atoms with E-state index >= 15 is 0 Å². The highest BCUT2D eigenvalue weighted by molar-refractivity contribution is 5.90. The van der Waals surface area contributed by atoms with Gasteiger partial charge in [0, 0.05) is 24.7 Å². The average Bonchev–Trinajstić information content (AvgIpc) is 2.36. The van der Waals surface area contributed by atoms with E-state index in [1.54, 1.807) is 0 Å². The highest BCUT2D eigenvalue weighted by Crippen LogP contribution is 2.62. The maximum Gasteiger partial charge on any atom is 0.136 e. The summed E-state index contributed by atoms with van der Waals surface area (Å²) >= 11 is 0. The molecule has 2 rings (SSSR count). The molecule has 0 aromatic heterocycles. The van der Waals surface area contributed by atoms with Gasteiger partial charge in [0.05, 0.1) is 0 Å². The molecule has 2 saturated carbocycles. The van der Waals surface area contributed by atoms with Crippen LogP contribution in [0.5, 0.6) is 0 Å². The highest BCUT2D eigenvalue weighted by atomic mass is 16.1. The summed E-state index contributed by atoms with van der Waals surface area (Å²) in [5.41, 5.74) is -0.0593. The molecule has 2 fully saturated rings. The molecule has 0 spiro atoms. The quantitative estimate of drug-likeness (QED) is 0.613. The molecule has 4 atom stereocenters. The zero-order chi connectivity index (χ0) is 11.4. The van der Waals surface area contributed by atoms with Crippen LogP contribution in [0.2, 0.25) is 0 Å². The third kappa shape index (κ3) is 1.11. The molecule has 0 radical (unpaired) electrons. The second kappa shape index (κ2) is 2.93. The fourth-order valence-corrected chi connectivity index (χ4v) is 3.67. The van der Waals surface area contributed by atoms with Crippen LogP contribution in [0.1, 0.15) is 47.0 Å². The zero-order valence-corrected chi connectivity index (χ0v) is 10.1. The van der Waals surface area contributed by atoms with Crippen molar-refractivity contribution in [1.82, 2.24) is 0 Å². The minimum absolute atomic E-state index is 0.0391. The average molecular weight is 208 g/mol. The SMILES string of the molecule is C[C@H]1C(=O)C[C@@]2(C)[C@@H](C)C(=O)CC[C@@]12C. The molecule has 15 heavy (non-hydrogen) atoms. The lowest BCUT2D eigenvalue weighted by atomic mass is 9.53. The van der Waals surface area contributed by atoms with Gasteiger partial charge in [0.2, 0.25) is 0 Å². The topological polar surface area (TPSA) is 34.1 Å². The molecule has 0 amide bonds. The zero-order valence-electron chi connectivity index (χ0n) is 10.1. The third-order valence-electron chi connectivity index (χ3n) is 5.61. The Labute approximate surface area is 91.4 Å².